The van der Waals surface area contributed by atoms with Crippen LogP contribution in [0, 0.1) is 5.82 Å². The highest BCUT2D eigenvalue weighted by molar-refractivity contribution is 9.10. The van der Waals surface area contributed by atoms with Gasteiger partial charge >= 0.3 is 7.25 Å². The fraction of sp³-hybridized carbons (Fsp3) is 0.250. The van der Waals surface area contributed by atoms with Crippen LogP contribution in [0.2, 0.25) is 0 Å². The van der Waals surface area contributed by atoms with E-state index in [-0.39, 0.29) is 17.1 Å². The number of fused-ring (bicyclic) bond motifs is 2. The lowest BCUT2D eigenvalue weighted by Crippen LogP contribution is -2.42. The second-order valence-corrected chi connectivity index (χ2v) is 13.9. The second-order valence-electron chi connectivity index (χ2n) is 13.1. The van der Waals surface area contributed by atoms with Gasteiger partial charge in [0, 0.05) is 41.2 Å². The number of nitrogens with zero attached hydrogens (tertiary/aromatic N) is 5. The molecule has 2 fully saturated rings. The van der Waals surface area contributed by atoms with Gasteiger partial charge in [-0.15, -0.1) is 0 Å². The van der Waals surface area contributed by atoms with Gasteiger partial charge in [0.25, 0.3) is 5.91 Å². The minimum Gasteiger partial charge on any atom is -0.384 e. The van der Waals surface area contributed by atoms with Gasteiger partial charge in [0.2, 0.25) is 5.78 Å². The number of benzene rings is 2. The van der Waals surface area contributed by atoms with Gasteiger partial charge in [-0.3, -0.25) is 19.2 Å². The molecule has 0 atom stereocenters. The topological polar surface area (TPSA) is 104 Å². The average molecular weight is 707 g/mol. The van der Waals surface area contributed by atoms with Crippen molar-refractivity contribution in [1.29, 1.82) is 0 Å². The molecule has 0 unspecified atom stereocenters. The molecular weight excluding hydrogens is 674 g/mol. The van der Waals surface area contributed by atoms with E-state index in [1.165, 1.54) is 11.6 Å². The molecule has 1 amide bonds. The van der Waals surface area contributed by atoms with E-state index in [9.17, 15) is 9.18 Å². The molecule has 5 heterocycles. The smallest absolute Gasteiger partial charge is 0.384 e. The fourth-order valence-corrected chi connectivity index (χ4v) is 6.07. The summed E-state index contributed by atoms with van der Waals surface area (Å²) in [6.45, 7) is 7.72. The molecule has 0 bridgehead atoms. The van der Waals surface area contributed by atoms with Gasteiger partial charge in [0.05, 0.1) is 33.1 Å². The number of carbonyl (C=O) groups excluding carboxylic acids is 1. The maximum atomic E-state index is 14.1. The Labute approximate surface area is 286 Å². The Morgan fingerprint density at radius 3 is 2.33 bits per heavy atom. The highest BCUT2D eigenvalue weighted by atomic mass is 79.9. The standard InChI is InChI=1S/C24H16BrFN4.C12H17BN2O3/c25-19-5-3-15(11-20(19)26)17-12-28-23-29-13-22(30(23)14-17)24(7-8-24)18-4-6-21-16(10-18)2-1-9-27-21;1-11(2)12(3,4)18-13(17-11)15-10(16)9-7-5-6-8-14-9/h1-6,9-14H,7-8H2;5-8H,1-4H3,(H,15,16). The number of aromatic nitrogens is 5. The summed E-state index contributed by atoms with van der Waals surface area (Å²) in [5.74, 6) is 0.0519. The van der Waals surface area contributed by atoms with Crippen LogP contribution in [-0.4, -0.2) is 48.7 Å². The van der Waals surface area contributed by atoms with Crippen LogP contribution in [0.3, 0.4) is 0 Å². The molecule has 12 heteroatoms. The predicted octanol–water partition coefficient (Wildman–Crippen LogP) is 7.33. The second kappa shape index (κ2) is 12.2. The predicted molar refractivity (Wildman–Crippen MR) is 186 cm³/mol. The third-order valence-electron chi connectivity index (χ3n) is 9.41. The molecule has 1 aliphatic carbocycles. The zero-order valence-corrected chi connectivity index (χ0v) is 28.5. The zero-order valence-electron chi connectivity index (χ0n) is 26.9. The van der Waals surface area contributed by atoms with Gasteiger partial charge in [-0.25, -0.2) is 14.4 Å². The largest absolute Gasteiger partial charge is 0.594 e. The number of carbonyl (C=O) groups is 1. The minimum atomic E-state index is -0.746. The van der Waals surface area contributed by atoms with Crippen LogP contribution in [-0.2, 0) is 14.7 Å². The van der Waals surface area contributed by atoms with Crippen molar-refractivity contribution in [3.8, 4) is 11.1 Å². The van der Waals surface area contributed by atoms with E-state index in [0.29, 0.717) is 15.9 Å². The number of hydrogen-bond donors (Lipinski definition) is 1. The van der Waals surface area contributed by atoms with Crippen molar-refractivity contribution in [1.82, 2.24) is 29.6 Å². The number of nitrogens with one attached hydrogen (secondary N) is 1. The van der Waals surface area contributed by atoms with Gasteiger partial charge in [0.1, 0.15) is 11.5 Å². The summed E-state index contributed by atoms with van der Waals surface area (Å²) in [7, 11) is -0.746. The Morgan fingerprint density at radius 2 is 1.62 bits per heavy atom. The van der Waals surface area contributed by atoms with Gasteiger partial charge in [-0.05, 0) is 110 Å². The van der Waals surface area contributed by atoms with Crippen molar-refractivity contribution < 1.29 is 18.5 Å². The summed E-state index contributed by atoms with van der Waals surface area (Å²) in [6.07, 6.45) is 11.2. The number of rotatable bonds is 5. The number of pyridine rings is 2. The van der Waals surface area contributed by atoms with Crippen molar-refractivity contribution in [2.24, 2.45) is 0 Å². The molecule has 2 aliphatic rings. The Hall–Kier alpha value is -4.52. The van der Waals surface area contributed by atoms with Crippen LogP contribution in [0.4, 0.5) is 4.39 Å². The molecule has 6 aromatic rings. The van der Waals surface area contributed by atoms with Crippen LogP contribution in [0.25, 0.3) is 27.8 Å². The summed E-state index contributed by atoms with van der Waals surface area (Å²) in [4.78, 5) is 29.4. The van der Waals surface area contributed by atoms with Crippen LogP contribution in [0.5, 0.6) is 0 Å². The third-order valence-corrected chi connectivity index (χ3v) is 10.1. The summed E-state index contributed by atoms with van der Waals surface area (Å²) in [6, 6.07) is 20.8. The zero-order chi connectivity index (χ0) is 33.7. The van der Waals surface area contributed by atoms with E-state index in [1.807, 2.05) is 58.4 Å². The molecule has 1 saturated heterocycles. The summed E-state index contributed by atoms with van der Waals surface area (Å²) < 4.78 is 27.9. The molecule has 8 rings (SSSR count). The van der Waals surface area contributed by atoms with E-state index in [0.717, 1.165) is 40.6 Å². The van der Waals surface area contributed by atoms with E-state index < -0.39 is 18.5 Å². The number of hydrogen-bond acceptors (Lipinski definition) is 7. The fourth-order valence-electron chi connectivity index (χ4n) is 5.82. The highest BCUT2D eigenvalue weighted by Gasteiger charge is 2.52. The molecule has 1 aliphatic heterocycles. The Balaban J connectivity index is 0.000000174. The maximum Gasteiger partial charge on any atom is 0.594 e. The van der Waals surface area contributed by atoms with E-state index >= 15 is 0 Å². The van der Waals surface area contributed by atoms with Crippen molar-refractivity contribution in [3.05, 3.63) is 125 Å². The molecule has 9 nitrogen and oxygen atoms in total. The monoisotopic (exact) mass is 706 g/mol. The molecule has 48 heavy (non-hydrogen) atoms. The van der Waals surface area contributed by atoms with Gasteiger partial charge < -0.3 is 14.5 Å². The molecule has 1 saturated carbocycles. The minimum absolute atomic E-state index is 0.0747. The molecule has 2 aromatic carbocycles. The first-order valence-corrected chi connectivity index (χ1v) is 16.5. The lowest BCUT2D eigenvalue weighted by molar-refractivity contribution is 0.00578. The SMILES string of the molecule is CC1(C)OB(NC(=O)c2ccccn2)OC1(C)C.Fc1cc(-c2cnc3ncc(C4(c5ccc6ncccc6c5)CC4)n3c2)ccc1Br. The lowest BCUT2D eigenvalue weighted by Gasteiger charge is -2.32. The molecular formula is C36H33BBrFN6O3. The van der Waals surface area contributed by atoms with E-state index in [1.54, 1.807) is 36.7 Å². The molecule has 0 spiro atoms. The van der Waals surface area contributed by atoms with Crippen molar-refractivity contribution in [2.45, 2.75) is 57.2 Å². The molecule has 4 aromatic heterocycles. The van der Waals surface area contributed by atoms with Crippen LogP contribution in [0.15, 0.2) is 102 Å². The van der Waals surface area contributed by atoms with Crippen LogP contribution >= 0.6 is 15.9 Å². The molecule has 0 radical (unpaired) electrons. The average Bonchev–Trinajstić information content (AvgIpc) is 3.72. The normalized spacial score (nSPS) is 17.2. The lowest BCUT2D eigenvalue weighted by atomic mass is 9.90. The quantitative estimate of drug-likeness (QED) is 0.187. The first-order chi connectivity index (χ1) is 23.0. The third kappa shape index (κ3) is 6.00. The number of halogens is 2. The highest BCUT2D eigenvalue weighted by Crippen LogP contribution is 2.53. The van der Waals surface area contributed by atoms with Crippen LogP contribution in [0.1, 0.15) is 62.3 Å². The summed E-state index contributed by atoms with van der Waals surface area (Å²) in [5.41, 5.74) is 4.36. The maximum absolute atomic E-state index is 14.1. The van der Waals surface area contributed by atoms with Gasteiger partial charge in [-0.2, -0.15) is 0 Å². The summed E-state index contributed by atoms with van der Waals surface area (Å²) in [5, 5.41) is 3.80. The van der Waals surface area contributed by atoms with Crippen molar-refractivity contribution in [2.75, 3.05) is 0 Å². The van der Waals surface area contributed by atoms with E-state index in [4.69, 9.17) is 9.31 Å². The Bertz CT molecular complexity index is 2140. The number of amides is 1. The van der Waals surface area contributed by atoms with Gasteiger partial charge in [0.15, 0.2) is 0 Å². The first kappa shape index (κ1) is 32.1. The van der Waals surface area contributed by atoms with Crippen molar-refractivity contribution in [3.63, 3.8) is 0 Å². The summed E-state index contributed by atoms with van der Waals surface area (Å²) >= 11 is 3.21. The number of imidazole rings is 1. The Morgan fingerprint density at radius 1 is 0.875 bits per heavy atom. The molecule has 1 N–H and O–H groups in total. The Kier molecular flexibility index (Phi) is 8.13. The first-order valence-electron chi connectivity index (χ1n) is 15.7. The molecule has 242 valence electrons. The van der Waals surface area contributed by atoms with Crippen molar-refractivity contribution >= 4 is 45.8 Å². The van der Waals surface area contributed by atoms with Crippen LogP contribution < -0.4 is 5.23 Å². The van der Waals surface area contributed by atoms with Gasteiger partial charge in [-0.1, -0.05) is 24.3 Å². The van der Waals surface area contributed by atoms with E-state index in [2.05, 4.69) is 69.8 Å².